The van der Waals surface area contributed by atoms with Gasteiger partial charge in [0, 0.05) is 36.4 Å². The minimum absolute atomic E-state index is 0.0330. The smallest absolute Gasteiger partial charge is 0.254 e. The predicted octanol–water partition coefficient (Wildman–Crippen LogP) is 4.46. The van der Waals surface area contributed by atoms with Gasteiger partial charge in [0.15, 0.2) is 11.6 Å². The average molecular weight is 401 g/mol. The zero-order valence-electron chi connectivity index (χ0n) is 16.8. The number of rotatable bonds is 7. The molecule has 2 N–H and O–H groups in total. The van der Waals surface area contributed by atoms with E-state index < -0.39 is 11.6 Å². The molecule has 0 aliphatic heterocycles. The summed E-state index contributed by atoms with van der Waals surface area (Å²) in [4.78, 5) is 28.7. The van der Waals surface area contributed by atoms with Gasteiger partial charge in [-0.2, -0.15) is 0 Å². The highest BCUT2D eigenvalue weighted by molar-refractivity contribution is 6.08. The molecular weight excluding hydrogens is 376 g/mol. The molecule has 3 rings (SSSR count). The molecule has 5 nitrogen and oxygen atoms in total. The van der Waals surface area contributed by atoms with Crippen molar-refractivity contribution in [2.45, 2.75) is 52.6 Å². The Morgan fingerprint density at radius 1 is 1.21 bits per heavy atom. The summed E-state index contributed by atoms with van der Waals surface area (Å²) < 4.78 is 28.1. The molecule has 0 radical (unpaired) electrons. The fraction of sp³-hybridized carbons (Fsp3) is 0.364. The van der Waals surface area contributed by atoms with Gasteiger partial charge in [0.1, 0.15) is 0 Å². The van der Waals surface area contributed by atoms with Crippen LogP contribution in [0, 0.1) is 11.6 Å². The van der Waals surface area contributed by atoms with Crippen LogP contribution in [0.2, 0.25) is 0 Å². The number of halogens is 2. The fourth-order valence-electron chi connectivity index (χ4n) is 3.33. The average Bonchev–Trinajstić information content (AvgIpc) is 3.05. The van der Waals surface area contributed by atoms with E-state index in [0.717, 1.165) is 36.2 Å². The zero-order chi connectivity index (χ0) is 21.1. The lowest BCUT2D eigenvalue weighted by Crippen LogP contribution is -2.24. The highest BCUT2D eigenvalue weighted by Crippen LogP contribution is 2.27. The SMILES string of the molecule is CCCCn1cc2[nH]c(C(C)C)c(C(=O)NCc3ccc(F)c(F)c3)c2cc1=O. The number of nitrogens with zero attached hydrogens (tertiary/aromatic N) is 1. The van der Waals surface area contributed by atoms with Crippen molar-refractivity contribution in [2.24, 2.45) is 0 Å². The van der Waals surface area contributed by atoms with E-state index in [-0.39, 0.29) is 23.9 Å². The number of hydrogen-bond donors (Lipinski definition) is 2. The van der Waals surface area contributed by atoms with Gasteiger partial charge in [-0.1, -0.05) is 33.3 Å². The molecule has 2 heterocycles. The van der Waals surface area contributed by atoms with Crippen LogP contribution in [0.5, 0.6) is 0 Å². The molecular formula is C22H25F2N3O2. The summed E-state index contributed by atoms with van der Waals surface area (Å²) in [5.41, 5.74) is 2.16. The summed E-state index contributed by atoms with van der Waals surface area (Å²) in [6.07, 6.45) is 3.63. The summed E-state index contributed by atoms with van der Waals surface area (Å²) in [5, 5.41) is 3.31. The summed E-state index contributed by atoms with van der Waals surface area (Å²) in [6.45, 7) is 6.65. The Labute approximate surface area is 167 Å². The largest absolute Gasteiger partial charge is 0.356 e. The molecule has 0 spiro atoms. The first kappa shape index (κ1) is 20.8. The van der Waals surface area contributed by atoms with Crippen LogP contribution in [0.3, 0.4) is 0 Å². The van der Waals surface area contributed by atoms with Crippen LogP contribution in [-0.4, -0.2) is 15.5 Å². The summed E-state index contributed by atoms with van der Waals surface area (Å²) >= 11 is 0. The predicted molar refractivity (Wildman–Crippen MR) is 109 cm³/mol. The van der Waals surface area contributed by atoms with Crippen molar-refractivity contribution in [3.8, 4) is 0 Å². The van der Waals surface area contributed by atoms with E-state index in [1.807, 2.05) is 13.8 Å². The number of aromatic nitrogens is 2. The Hall–Kier alpha value is -2.96. The number of aromatic amines is 1. The first-order chi connectivity index (χ1) is 13.8. The summed E-state index contributed by atoms with van der Waals surface area (Å²) in [5.74, 6) is -2.22. The van der Waals surface area contributed by atoms with Gasteiger partial charge in [-0.15, -0.1) is 0 Å². The minimum Gasteiger partial charge on any atom is -0.356 e. The standard InChI is InChI=1S/C22H25F2N3O2/c1-4-5-8-27-12-18-15(10-19(27)28)20(21(26-18)13(2)3)22(29)25-11-14-6-7-16(23)17(24)9-14/h6-7,9-10,12-13,26H,4-5,8,11H2,1-3H3,(H,25,29). The molecule has 29 heavy (non-hydrogen) atoms. The number of carbonyl (C=O) groups is 1. The number of pyridine rings is 1. The van der Waals surface area contributed by atoms with Crippen molar-refractivity contribution in [3.63, 3.8) is 0 Å². The second-order valence-electron chi connectivity index (χ2n) is 7.49. The Morgan fingerprint density at radius 2 is 1.97 bits per heavy atom. The first-order valence-electron chi connectivity index (χ1n) is 9.80. The Morgan fingerprint density at radius 3 is 2.62 bits per heavy atom. The third-order valence-electron chi connectivity index (χ3n) is 4.93. The number of carbonyl (C=O) groups excluding carboxylic acids is 1. The van der Waals surface area contributed by atoms with Crippen LogP contribution in [-0.2, 0) is 13.1 Å². The topological polar surface area (TPSA) is 66.9 Å². The highest BCUT2D eigenvalue weighted by Gasteiger charge is 2.21. The molecule has 2 aromatic heterocycles. The van der Waals surface area contributed by atoms with E-state index in [1.165, 1.54) is 12.1 Å². The van der Waals surface area contributed by atoms with Crippen LogP contribution in [0.4, 0.5) is 8.78 Å². The van der Waals surface area contributed by atoms with Crippen molar-refractivity contribution >= 4 is 16.8 Å². The highest BCUT2D eigenvalue weighted by atomic mass is 19.2. The Balaban J connectivity index is 1.94. The molecule has 3 aromatic rings. The second-order valence-corrected chi connectivity index (χ2v) is 7.49. The number of aryl methyl sites for hydroxylation is 1. The maximum absolute atomic E-state index is 13.4. The van der Waals surface area contributed by atoms with Crippen LogP contribution in [0.1, 0.15) is 61.1 Å². The second kappa shape index (κ2) is 8.59. The molecule has 0 saturated carbocycles. The molecule has 0 saturated heterocycles. The molecule has 0 bridgehead atoms. The number of fused-ring (bicyclic) bond motifs is 1. The maximum Gasteiger partial charge on any atom is 0.254 e. The number of H-pyrrole nitrogens is 1. The Bertz CT molecular complexity index is 1100. The van der Waals surface area contributed by atoms with Gasteiger partial charge < -0.3 is 14.9 Å². The van der Waals surface area contributed by atoms with Gasteiger partial charge in [-0.05, 0) is 30.0 Å². The van der Waals surface area contributed by atoms with Gasteiger partial charge in [0.05, 0.1) is 11.1 Å². The first-order valence-corrected chi connectivity index (χ1v) is 9.80. The fourth-order valence-corrected chi connectivity index (χ4v) is 3.33. The van der Waals surface area contributed by atoms with E-state index in [2.05, 4.69) is 17.2 Å². The van der Waals surface area contributed by atoms with E-state index in [9.17, 15) is 18.4 Å². The number of unbranched alkanes of at least 4 members (excludes halogenated alkanes) is 1. The summed E-state index contributed by atoms with van der Waals surface area (Å²) in [6, 6.07) is 4.99. The van der Waals surface area contributed by atoms with Gasteiger partial charge in [0.2, 0.25) is 0 Å². The third kappa shape index (κ3) is 4.39. The minimum atomic E-state index is -0.959. The van der Waals surface area contributed by atoms with Crippen molar-refractivity contribution in [1.82, 2.24) is 14.9 Å². The lowest BCUT2D eigenvalue weighted by Gasteiger charge is -2.09. The van der Waals surface area contributed by atoms with Crippen molar-refractivity contribution in [1.29, 1.82) is 0 Å². The monoisotopic (exact) mass is 401 g/mol. The van der Waals surface area contributed by atoms with E-state index in [1.54, 1.807) is 10.8 Å². The summed E-state index contributed by atoms with van der Waals surface area (Å²) in [7, 11) is 0. The van der Waals surface area contributed by atoms with Gasteiger partial charge in [0.25, 0.3) is 11.5 Å². The maximum atomic E-state index is 13.4. The van der Waals surface area contributed by atoms with Crippen molar-refractivity contribution in [3.05, 3.63) is 69.3 Å². The van der Waals surface area contributed by atoms with Gasteiger partial charge >= 0.3 is 0 Å². The molecule has 0 atom stereocenters. The van der Waals surface area contributed by atoms with E-state index >= 15 is 0 Å². The van der Waals surface area contributed by atoms with Gasteiger partial charge in [-0.25, -0.2) is 8.78 Å². The number of benzene rings is 1. The molecule has 1 aromatic carbocycles. The molecule has 7 heteroatoms. The van der Waals surface area contributed by atoms with E-state index in [0.29, 0.717) is 23.1 Å². The zero-order valence-corrected chi connectivity index (χ0v) is 16.8. The number of hydrogen-bond acceptors (Lipinski definition) is 2. The van der Waals surface area contributed by atoms with E-state index in [4.69, 9.17) is 0 Å². The van der Waals surface area contributed by atoms with Gasteiger partial charge in [-0.3, -0.25) is 9.59 Å². The number of nitrogens with one attached hydrogen (secondary N) is 2. The lowest BCUT2D eigenvalue weighted by molar-refractivity contribution is 0.0951. The van der Waals surface area contributed by atoms with Crippen LogP contribution >= 0.6 is 0 Å². The quantitative estimate of drug-likeness (QED) is 0.614. The molecule has 0 aliphatic carbocycles. The van der Waals surface area contributed by atoms with Crippen LogP contribution in [0.25, 0.3) is 10.9 Å². The van der Waals surface area contributed by atoms with Crippen LogP contribution in [0.15, 0.2) is 35.3 Å². The molecule has 1 amide bonds. The van der Waals surface area contributed by atoms with Crippen molar-refractivity contribution in [2.75, 3.05) is 0 Å². The number of amides is 1. The van der Waals surface area contributed by atoms with Crippen LogP contribution < -0.4 is 10.9 Å². The Kier molecular flexibility index (Phi) is 6.15. The normalized spacial score (nSPS) is 11.4. The molecule has 0 aliphatic rings. The van der Waals surface area contributed by atoms with Crippen molar-refractivity contribution < 1.29 is 13.6 Å². The molecule has 0 fully saturated rings. The lowest BCUT2D eigenvalue weighted by atomic mass is 10.0. The molecule has 0 unspecified atom stereocenters. The molecule has 154 valence electrons. The third-order valence-corrected chi connectivity index (χ3v) is 4.93.